The van der Waals surface area contributed by atoms with Gasteiger partial charge in [-0.2, -0.15) is 0 Å². The number of pyridine rings is 1. The quantitative estimate of drug-likeness (QED) is 0.500. The summed E-state index contributed by atoms with van der Waals surface area (Å²) >= 11 is 0. The first kappa shape index (κ1) is 19.4. The minimum Gasteiger partial charge on any atom is -0.381 e. The van der Waals surface area contributed by atoms with E-state index in [1.165, 1.54) is 12.0 Å². The van der Waals surface area contributed by atoms with E-state index < -0.39 is 0 Å². The van der Waals surface area contributed by atoms with E-state index in [2.05, 4.69) is 73.6 Å². The molecule has 32 heavy (non-hydrogen) atoms. The second kappa shape index (κ2) is 8.31. The van der Waals surface area contributed by atoms with E-state index in [1.54, 1.807) is 0 Å². The fourth-order valence-electron chi connectivity index (χ4n) is 4.64. The van der Waals surface area contributed by atoms with Gasteiger partial charge in [0.1, 0.15) is 5.82 Å². The van der Waals surface area contributed by atoms with Crippen molar-refractivity contribution >= 4 is 11.6 Å². The van der Waals surface area contributed by atoms with Crippen LogP contribution in [0.5, 0.6) is 0 Å². The largest absolute Gasteiger partial charge is 0.381 e. The Kier molecular flexibility index (Phi) is 5.03. The van der Waals surface area contributed by atoms with E-state index >= 15 is 0 Å². The van der Waals surface area contributed by atoms with Crippen LogP contribution in [0, 0.1) is 5.92 Å². The molecule has 162 valence electrons. The Morgan fingerprint density at radius 1 is 1.03 bits per heavy atom. The molecule has 1 unspecified atom stereocenters. The first-order valence-corrected chi connectivity index (χ1v) is 11.4. The lowest BCUT2D eigenvalue weighted by Crippen LogP contribution is -2.28. The Hall–Kier alpha value is -3.32. The van der Waals surface area contributed by atoms with Crippen molar-refractivity contribution in [3.05, 3.63) is 72.3 Å². The minimum absolute atomic E-state index is 0.364. The van der Waals surface area contributed by atoms with Crippen molar-refractivity contribution in [2.45, 2.75) is 37.6 Å². The summed E-state index contributed by atoms with van der Waals surface area (Å²) in [6.45, 7) is 1.58. The molecule has 4 aromatic rings. The van der Waals surface area contributed by atoms with Crippen molar-refractivity contribution in [2.75, 3.05) is 18.5 Å². The highest BCUT2D eigenvalue weighted by Crippen LogP contribution is 2.48. The molecule has 7 nitrogen and oxygen atoms in total. The minimum atomic E-state index is 0.364. The molecule has 0 bridgehead atoms. The van der Waals surface area contributed by atoms with Gasteiger partial charge < -0.3 is 10.1 Å². The normalized spacial score (nSPS) is 21.0. The topological polar surface area (TPSA) is 77.2 Å². The van der Waals surface area contributed by atoms with Gasteiger partial charge in [0.05, 0.1) is 5.69 Å². The first-order valence-electron chi connectivity index (χ1n) is 11.4. The first-order chi connectivity index (χ1) is 15.8. The molecule has 1 aliphatic carbocycles. The number of anilines is 1. The molecule has 4 heterocycles. The second-order valence-corrected chi connectivity index (χ2v) is 8.79. The monoisotopic (exact) mass is 426 g/mol. The number of nitrogens with zero attached hydrogens (tertiary/aromatic N) is 5. The Labute approximate surface area is 186 Å². The number of fused-ring (bicyclic) bond motifs is 1. The average molecular weight is 427 g/mol. The molecule has 0 spiro atoms. The lowest BCUT2D eigenvalue weighted by atomic mass is 10.1. The van der Waals surface area contributed by atoms with Crippen LogP contribution in [-0.4, -0.2) is 43.8 Å². The molecule has 2 aliphatic rings. The lowest BCUT2D eigenvalue weighted by molar-refractivity contribution is 0.0903. The number of nitrogens with one attached hydrogen (secondary N) is 1. The summed E-state index contributed by atoms with van der Waals surface area (Å²) in [5, 5.41) is 12.4. The average Bonchev–Trinajstić information content (AvgIpc) is 3.46. The maximum absolute atomic E-state index is 5.43. The van der Waals surface area contributed by atoms with Gasteiger partial charge in [0, 0.05) is 43.1 Å². The summed E-state index contributed by atoms with van der Waals surface area (Å²) < 4.78 is 7.56. The summed E-state index contributed by atoms with van der Waals surface area (Å²) in [4.78, 5) is 9.14. The molecule has 1 aromatic carbocycles. The summed E-state index contributed by atoms with van der Waals surface area (Å²) in [5.41, 5.74) is 4.16. The molecule has 1 saturated heterocycles. The Morgan fingerprint density at radius 3 is 2.78 bits per heavy atom. The van der Waals surface area contributed by atoms with E-state index in [0.717, 1.165) is 55.2 Å². The highest BCUT2D eigenvalue weighted by Gasteiger charge is 2.41. The number of hydrogen-bond donors (Lipinski definition) is 1. The maximum atomic E-state index is 5.43. The maximum Gasteiger partial charge on any atom is 0.223 e. The van der Waals surface area contributed by atoms with Crippen molar-refractivity contribution in [3.8, 4) is 11.3 Å². The third kappa shape index (κ3) is 3.96. The van der Waals surface area contributed by atoms with E-state index in [9.17, 15) is 0 Å². The van der Waals surface area contributed by atoms with Gasteiger partial charge in [0.2, 0.25) is 5.95 Å². The van der Waals surface area contributed by atoms with Crippen LogP contribution in [0.4, 0.5) is 5.95 Å². The Morgan fingerprint density at radius 2 is 1.91 bits per heavy atom. The second-order valence-electron chi connectivity index (χ2n) is 8.79. The fourth-order valence-corrected chi connectivity index (χ4v) is 4.64. The lowest BCUT2D eigenvalue weighted by Gasteiger charge is -2.23. The summed E-state index contributed by atoms with van der Waals surface area (Å²) in [6, 6.07) is 17.2. The molecule has 2 fully saturated rings. The Balaban J connectivity index is 1.19. The van der Waals surface area contributed by atoms with E-state index in [-0.39, 0.29) is 0 Å². The van der Waals surface area contributed by atoms with Crippen LogP contribution < -0.4 is 5.32 Å². The van der Waals surface area contributed by atoms with Crippen molar-refractivity contribution in [1.29, 1.82) is 0 Å². The van der Waals surface area contributed by atoms with Crippen LogP contribution in [-0.2, 0) is 11.2 Å². The van der Waals surface area contributed by atoms with Gasteiger partial charge in [-0.1, -0.05) is 30.3 Å². The predicted octanol–water partition coefficient (Wildman–Crippen LogP) is 4.12. The van der Waals surface area contributed by atoms with E-state index in [4.69, 9.17) is 9.72 Å². The summed E-state index contributed by atoms with van der Waals surface area (Å²) in [6.07, 6.45) is 8.11. The molecule has 1 aliphatic heterocycles. The van der Waals surface area contributed by atoms with Crippen molar-refractivity contribution < 1.29 is 4.74 Å². The molecule has 2 atom stereocenters. The van der Waals surface area contributed by atoms with Gasteiger partial charge in [-0.25, -0.2) is 9.97 Å². The zero-order chi connectivity index (χ0) is 21.3. The molecule has 1 N–H and O–H groups in total. The molecular weight excluding hydrogens is 400 g/mol. The van der Waals surface area contributed by atoms with E-state index in [1.807, 2.05) is 12.3 Å². The number of hydrogen-bond acceptors (Lipinski definition) is 6. The van der Waals surface area contributed by atoms with Gasteiger partial charge in [0.15, 0.2) is 5.65 Å². The molecule has 1 saturated carbocycles. The zero-order valence-corrected chi connectivity index (χ0v) is 17.9. The molecule has 3 aromatic heterocycles. The van der Waals surface area contributed by atoms with Crippen LogP contribution in [0.3, 0.4) is 0 Å². The van der Waals surface area contributed by atoms with Crippen molar-refractivity contribution in [2.24, 2.45) is 5.92 Å². The van der Waals surface area contributed by atoms with Crippen LogP contribution >= 0.6 is 0 Å². The highest BCUT2D eigenvalue weighted by molar-refractivity contribution is 5.64. The molecule has 7 heteroatoms. The molecule has 0 radical (unpaired) electrons. The van der Waals surface area contributed by atoms with Crippen molar-refractivity contribution in [3.63, 3.8) is 0 Å². The molecular formula is C25H26N6O. The third-order valence-electron chi connectivity index (χ3n) is 6.54. The summed E-state index contributed by atoms with van der Waals surface area (Å²) in [7, 11) is 0. The van der Waals surface area contributed by atoms with Gasteiger partial charge in [-0.05, 0) is 55.4 Å². The van der Waals surface area contributed by atoms with Gasteiger partial charge in [-0.15, -0.1) is 10.2 Å². The van der Waals surface area contributed by atoms with Gasteiger partial charge in [-0.3, -0.25) is 4.40 Å². The standard InChI is InChI=1S/C25H26N6O/c1-2-4-17(5-3-1)14-19-15-21(19)24-30-29-23-16-18(7-11-31(23)24)22-6-10-26-25(28-22)27-20-8-12-32-13-9-20/h1-7,10-11,16,19-21H,8-9,12-15H2,(H,26,27,28)/t19?,21-/m1/s1. The van der Waals surface area contributed by atoms with Crippen LogP contribution in [0.2, 0.25) is 0 Å². The van der Waals surface area contributed by atoms with Crippen LogP contribution in [0.15, 0.2) is 60.9 Å². The van der Waals surface area contributed by atoms with Crippen LogP contribution in [0.1, 0.15) is 36.6 Å². The smallest absolute Gasteiger partial charge is 0.223 e. The fraction of sp³-hybridized carbons (Fsp3) is 0.360. The number of ether oxygens (including phenoxy) is 1. The molecule has 6 rings (SSSR count). The van der Waals surface area contributed by atoms with E-state index in [0.29, 0.717) is 23.8 Å². The highest BCUT2D eigenvalue weighted by atomic mass is 16.5. The van der Waals surface area contributed by atoms with Crippen molar-refractivity contribution in [1.82, 2.24) is 24.6 Å². The predicted molar refractivity (Wildman–Crippen MR) is 122 cm³/mol. The number of benzene rings is 1. The van der Waals surface area contributed by atoms with Crippen LogP contribution in [0.25, 0.3) is 16.9 Å². The van der Waals surface area contributed by atoms with Gasteiger partial charge >= 0.3 is 0 Å². The number of rotatable bonds is 6. The van der Waals surface area contributed by atoms with Gasteiger partial charge in [0.25, 0.3) is 0 Å². The summed E-state index contributed by atoms with van der Waals surface area (Å²) in [5.74, 6) is 2.85. The third-order valence-corrected chi connectivity index (χ3v) is 6.54. The number of aromatic nitrogens is 5. The Bertz CT molecular complexity index is 1220. The zero-order valence-electron chi connectivity index (χ0n) is 17.9. The SMILES string of the molecule is c1ccc(CC2C[C@H]2c2nnc3cc(-c4ccnc(NC5CCOCC5)n4)ccn23)cc1. The molecule has 0 amide bonds.